The normalized spacial score (nSPS) is 20.2. The Morgan fingerprint density at radius 2 is 2.40 bits per heavy atom. The highest BCUT2D eigenvalue weighted by atomic mass is 32.2. The number of aromatic carboxylic acids is 1. The molecular weight excluding hydrogens is 276 g/mol. The van der Waals surface area contributed by atoms with E-state index in [4.69, 9.17) is 9.84 Å². The SMILES string of the molecule is CC(C)N1CCOC(CSc2ccc(C(=O)O)cn2)C1. The van der Waals surface area contributed by atoms with E-state index in [1.54, 1.807) is 23.9 Å². The Morgan fingerprint density at radius 3 is 3.00 bits per heavy atom. The molecule has 1 unspecified atom stereocenters. The number of carboxylic acids is 1. The van der Waals surface area contributed by atoms with Crippen LogP contribution in [0.4, 0.5) is 0 Å². The van der Waals surface area contributed by atoms with Crippen LogP contribution in [-0.2, 0) is 4.74 Å². The summed E-state index contributed by atoms with van der Waals surface area (Å²) in [4.78, 5) is 17.3. The van der Waals surface area contributed by atoms with Gasteiger partial charge in [0.1, 0.15) is 0 Å². The average molecular weight is 296 g/mol. The van der Waals surface area contributed by atoms with E-state index in [9.17, 15) is 4.79 Å². The highest BCUT2D eigenvalue weighted by Gasteiger charge is 2.22. The molecule has 110 valence electrons. The molecule has 1 aliphatic heterocycles. The van der Waals surface area contributed by atoms with Gasteiger partial charge in [-0.15, -0.1) is 11.8 Å². The van der Waals surface area contributed by atoms with E-state index in [0.717, 1.165) is 30.5 Å². The topological polar surface area (TPSA) is 62.7 Å². The lowest BCUT2D eigenvalue weighted by Crippen LogP contribution is -2.46. The zero-order chi connectivity index (χ0) is 14.5. The van der Waals surface area contributed by atoms with Crippen LogP contribution in [0.15, 0.2) is 23.4 Å². The maximum absolute atomic E-state index is 10.7. The van der Waals surface area contributed by atoms with Gasteiger partial charge < -0.3 is 9.84 Å². The van der Waals surface area contributed by atoms with Crippen molar-refractivity contribution in [3.05, 3.63) is 23.9 Å². The van der Waals surface area contributed by atoms with Crippen LogP contribution in [0, 0.1) is 0 Å². The lowest BCUT2D eigenvalue weighted by molar-refractivity contribution is -0.0265. The first-order valence-electron chi connectivity index (χ1n) is 6.74. The molecule has 0 amide bonds. The summed E-state index contributed by atoms with van der Waals surface area (Å²) in [6, 6.07) is 3.87. The zero-order valence-electron chi connectivity index (χ0n) is 11.8. The van der Waals surface area contributed by atoms with Crippen LogP contribution in [0.2, 0.25) is 0 Å². The molecule has 0 saturated carbocycles. The molecule has 1 aliphatic rings. The molecule has 0 bridgehead atoms. The molecule has 1 N–H and O–H groups in total. The van der Waals surface area contributed by atoms with Gasteiger partial charge in [-0.3, -0.25) is 4.90 Å². The van der Waals surface area contributed by atoms with E-state index in [1.165, 1.54) is 6.20 Å². The predicted molar refractivity (Wildman–Crippen MR) is 78.4 cm³/mol. The van der Waals surface area contributed by atoms with Gasteiger partial charge in [0.25, 0.3) is 0 Å². The van der Waals surface area contributed by atoms with Crippen molar-refractivity contribution < 1.29 is 14.6 Å². The van der Waals surface area contributed by atoms with E-state index in [1.807, 2.05) is 0 Å². The van der Waals surface area contributed by atoms with Gasteiger partial charge in [0.2, 0.25) is 0 Å². The summed E-state index contributed by atoms with van der Waals surface area (Å²) in [5, 5.41) is 9.65. The molecule has 2 rings (SSSR count). The third kappa shape index (κ3) is 4.19. The summed E-state index contributed by atoms with van der Waals surface area (Å²) in [5.74, 6) is -0.111. The number of hydrogen-bond acceptors (Lipinski definition) is 5. The Labute approximate surface area is 123 Å². The van der Waals surface area contributed by atoms with Crippen LogP contribution in [0.1, 0.15) is 24.2 Å². The van der Waals surface area contributed by atoms with Crippen molar-refractivity contribution >= 4 is 17.7 Å². The summed E-state index contributed by atoms with van der Waals surface area (Å²) < 4.78 is 5.76. The maximum Gasteiger partial charge on any atom is 0.337 e. The Hall–Kier alpha value is -1.11. The highest BCUT2D eigenvalue weighted by Crippen LogP contribution is 2.20. The number of aromatic nitrogens is 1. The first-order chi connectivity index (χ1) is 9.56. The van der Waals surface area contributed by atoms with E-state index < -0.39 is 5.97 Å². The number of thioether (sulfide) groups is 1. The second kappa shape index (κ2) is 7.06. The third-order valence-electron chi connectivity index (χ3n) is 3.30. The molecule has 0 radical (unpaired) electrons. The minimum absolute atomic E-state index is 0.206. The van der Waals surface area contributed by atoms with Gasteiger partial charge in [-0.1, -0.05) is 0 Å². The predicted octanol–water partition coefficient (Wildman–Crippen LogP) is 1.98. The molecule has 20 heavy (non-hydrogen) atoms. The van der Waals surface area contributed by atoms with Crippen LogP contribution >= 0.6 is 11.8 Å². The second-order valence-corrected chi connectivity index (χ2v) is 6.12. The van der Waals surface area contributed by atoms with Crippen LogP contribution < -0.4 is 0 Å². The number of ether oxygens (including phenoxy) is 1. The Balaban J connectivity index is 1.84. The smallest absolute Gasteiger partial charge is 0.337 e. The van der Waals surface area contributed by atoms with Gasteiger partial charge >= 0.3 is 5.97 Å². The van der Waals surface area contributed by atoms with Crippen molar-refractivity contribution in [2.75, 3.05) is 25.4 Å². The van der Waals surface area contributed by atoms with Crippen LogP contribution in [0.3, 0.4) is 0 Å². The summed E-state index contributed by atoms with van der Waals surface area (Å²) in [6.07, 6.45) is 1.60. The summed E-state index contributed by atoms with van der Waals surface area (Å²) >= 11 is 1.61. The Bertz CT molecular complexity index is 450. The standard InChI is InChI=1S/C14H20N2O3S/c1-10(2)16-5-6-19-12(8-16)9-20-13-4-3-11(7-15-13)14(17)18/h3-4,7,10,12H,5-6,8-9H2,1-2H3,(H,17,18). The largest absolute Gasteiger partial charge is 0.478 e. The van der Waals surface area contributed by atoms with E-state index in [-0.39, 0.29) is 11.7 Å². The number of carbonyl (C=O) groups is 1. The number of rotatable bonds is 5. The molecule has 1 atom stereocenters. The van der Waals surface area contributed by atoms with Crippen molar-refractivity contribution in [2.45, 2.75) is 31.0 Å². The maximum atomic E-state index is 10.7. The number of carboxylic acid groups (broad SMARTS) is 1. The second-order valence-electron chi connectivity index (χ2n) is 5.08. The molecule has 0 aliphatic carbocycles. The average Bonchev–Trinajstić information content (AvgIpc) is 2.46. The van der Waals surface area contributed by atoms with E-state index >= 15 is 0 Å². The van der Waals surface area contributed by atoms with Crippen LogP contribution in [0.5, 0.6) is 0 Å². The molecular formula is C14H20N2O3S. The van der Waals surface area contributed by atoms with Gasteiger partial charge in [0.05, 0.1) is 23.3 Å². The van der Waals surface area contributed by atoms with Crippen molar-refractivity contribution in [1.82, 2.24) is 9.88 Å². The molecule has 1 aromatic rings. The van der Waals surface area contributed by atoms with Gasteiger partial charge in [-0.2, -0.15) is 0 Å². The summed E-state index contributed by atoms with van der Waals surface area (Å²) in [7, 11) is 0. The first kappa shape index (κ1) is 15.3. The van der Waals surface area contributed by atoms with E-state index in [2.05, 4.69) is 23.7 Å². The number of hydrogen-bond donors (Lipinski definition) is 1. The highest BCUT2D eigenvalue weighted by molar-refractivity contribution is 7.99. The fraction of sp³-hybridized carbons (Fsp3) is 0.571. The monoisotopic (exact) mass is 296 g/mol. The van der Waals surface area contributed by atoms with Crippen molar-refractivity contribution in [3.8, 4) is 0 Å². The lowest BCUT2D eigenvalue weighted by atomic mass is 10.2. The lowest BCUT2D eigenvalue weighted by Gasteiger charge is -2.35. The van der Waals surface area contributed by atoms with Crippen LogP contribution in [-0.4, -0.2) is 58.6 Å². The van der Waals surface area contributed by atoms with Gasteiger partial charge in [0, 0.05) is 31.1 Å². The quantitative estimate of drug-likeness (QED) is 0.838. The molecule has 1 aromatic heterocycles. The van der Waals surface area contributed by atoms with Gasteiger partial charge in [0.15, 0.2) is 0 Å². The number of morpholine rings is 1. The van der Waals surface area contributed by atoms with Crippen molar-refractivity contribution in [2.24, 2.45) is 0 Å². The molecule has 5 nitrogen and oxygen atoms in total. The van der Waals surface area contributed by atoms with Crippen molar-refractivity contribution in [3.63, 3.8) is 0 Å². The first-order valence-corrected chi connectivity index (χ1v) is 7.72. The molecule has 0 aromatic carbocycles. The Morgan fingerprint density at radius 1 is 1.60 bits per heavy atom. The van der Waals surface area contributed by atoms with E-state index in [0.29, 0.717) is 6.04 Å². The molecule has 1 saturated heterocycles. The third-order valence-corrected chi connectivity index (χ3v) is 4.38. The van der Waals surface area contributed by atoms with Gasteiger partial charge in [-0.05, 0) is 26.0 Å². The van der Waals surface area contributed by atoms with Gasteiger partial charge in [-0.25, -0.2) is 9.78 Å². The minimum atomic E-state index is -0.947. The summed E-state index contributed by atoms with van der Waals surface area (Å²) in [5.41, 5.74) is 0.217. The molecule has 6 heteroatoms. The molecule has 1 fully saturated rings. The fourth-order valence-corrected chi connectivity index (χ4v) is 2.93. The number of pyridine rings is 1. The fourth-order valence-electron chi connectivity index (χ4n) is 2.08. The zero-order valence-corrected chi connectivity index (χ0v) is 12.6. The molecule has 2 heterocycles. The minimum Gasteiger partial charge on any atom is -0.478 e. The Kier molecular flexibility index (Phi) is 5.39. The molecule has 0 spiro atoms. The van der Waals surface area contributed by atoms with Crippen molar-refractivity contribution in [1.29, 1.82) is 0 Å². The number of nitrogens with zero attached hydrogens (tertiary/aromatic N) is 2. The summed E-state index contributed by atoms with van der Waals surface area (Å²) in [6.45, 7) is 7.10. The van der Waals surface area contributed by atoms with Crippen LogP contribution in [0.25, 0.3) is 0 Å².